The molecule has 170 valence electrons. The molecule has 1 aliphatic heterocycles. The van der Waals surface area contributed by atoms with Gasteiger partial charge in [-0.05, 0) is 62.2 Å². The van der Waals surface area contributed by atoms with Crippen molar-refractivity contribution in [2.75, 3.05) is 19.7 Å². The molecule has 2 fully saturated rings. The van der Waals surface area contributed by atoms with E-state index >= 15 is 0 Å². The van der Waals surface area contributed by atoms with E-state index in [1.807, 2.05) is 0 Å². The molecule has 0 amide bonds. The molecule has 2 aliphatic rings. The summed E-state index contributed by atoms with van der Waals surface area (Å²) in [5.41, 5.74) is 2.13. The van der Waals surface area contributed by atoms with Crippen LogP contribution in [0.3, 0.4) is 0 Å². The fraction of sp³-hybridized carbons (Fsp3) is 0.552. The molecular formula is C29H38N2O. The van der Waals surface area contributed by atoms with Crippen molar-refractivity contribution in [2.45, 2.75) is 69.9 Å². The topological polar surface area (TPSA) is 36.3 Å². The lowest BCUT2D eigenvalue weighted by atomic mass is 9.59. The van der Waals surface area contributed by atoms with E-state index in [-0.39, 0.29) is 12.0 Å². The summed E-state index contributed by atoms with van der Waals surface area (Å²) in [5, 5.41) is 10.8. The molecule has 3 unspecified atom stereocenters. The van der Waals surface area contributed by atoms with Crippen molar-refractivity contribution < 1.29 is 4.74 Å². The predicted octanol–water partition coefficient (Wildman–Crippen LogP) is 6.35. The lowest BCUT2D eigenvalue weighted by Crippen LogP contribution is -2.49. The second kappa shape index (κ2) is 11.1. The molecular weight excluding hydrogens is 392 g/mol. The number of ether oxygens (including phenoxy) is 1. The van der Waals surface area contributed by atoms with Gasteiger partial charge < -0.3 is 4.74 Å². The Morgan fingerprint density at radius 1 is 0.969 bits per heavy atom. The largest absolute Gasteiger partial charge is 0.378 e. The van der Waals surface area contributed by atoms with Crippen LogP contribution in [-0.2, 0) is 16.7 Å². The van der Waals surface area contributed by atoms with Crippen LogP contribution in [0.15, 0.2) is 60.7 Å². The maximum absolute atomic E-state index is 10.8. The van der Waals surface area contributed by atoms with Crippen molar-refractivity contribution in [3.8, 4) is 6.07 Å². The monoisotopic (exact) mass is 430 g/mol. The van der Waals surface area contributed by atoms with Crippen LogP contribution in [0.2, 0.25) is 0 Å². The molecule has 0 N–H and O–H groups in total. The lowest BCUT2D eigenvalue weighted by molar-refractivity contribution is -0.00893. The van der Waals surface area contributed by atoms with Gasteiger partial charge in [0.25, 0.3) is 0 Å². The number of likely N-dealkylation sites (tertiary alicyclic amines) is 1. The Balaban J connectivity index is 1.55. The zero-order valence-electron chi connectivity index (χ0n) is 19.6. The van der Waals surface area contributed by atoms with E-state index in [0.29, 0.717) is 5.92 Å². The minimum atomic E-state index is -0.451. The number of benzene rings is 2. The molecule has 1 saturated heterocycles. The predicted molar refractivity (Wildman–Crippen MR) is 130 cm³/mol. The van der Waals surface area contributed by atoms with Crippen LogP contribution in [0, 0.1) is 23.2 Å². The van der Waals surface area contributed by atoms with Gasteiger partial charge in [0.2, 0.25) is 0 Å². The zero-order valence-corrected chi connectivity index (χ0v) is 19.6. The minimum Gasteiger partial charge on any atom is -0.378 e. The third-order valence-corrected chi connectivity index (χ3v) is 7.78. The number of rotatable bonds is 9. The molecule has 3 atom stereocenters. The average Bonchev–Trinajstić information content (AvgIpc) is 3.31. The SMILES string of the molecule is CCCCOC1CCCC1C(C#N)(c1ccccc1)C1CCN(Cc2ccccc2)CC1. The van der Waals surface area contributed by atoms with Crippen molar-refractivity contribution in [1.82, 2.24) is 4.90 Å². The minimum absolute atomic E-state index is 0.212. The lowest BCUT2D eigenvalue weighted by Gasteiger charge is -2.46. The number of unbranched alkanes of at least 4 members (excludes halogenated alkanes) is 1. The molecule has 1 saturated carbocycles. The zero-order chi connectivity index (χ0) is 22.2. The van der Waals surface area contributed by atoms with Gasteiger partial charge >= 0.3 is 0 Å². The summed E-state index contributed by atoms with van der Waals surface area (Å²) in [6.45, 7) is 6.16. The molecule has 0 aromatic heterocycles. The van der Waals surface area contributed by atoms with Crippen LogP contribution in [0.4, 0.5) is 0 Å². The Bertz CT molecular complexity index is 854. The summed E-state index contributed by atoms with van der Waals surface area (Å²) in [5.74, 6) is 0.666. The van der Waals surface area contributed by atoms with E-state index in [9.17, 15) is 5.26 Å². The molecule has 0 radical (unpaired) electrons. The Hall–Kier alpha value is -2.15. The molecule has 2 aromatic carbocycles. The summed E-state index contributed by atoms with van der Waals surface area (Å²) >= 11 is 0. The average molecular weight is 431 g/mol. The smallest absolute Gasteiger partial charge is 0.0904 e. The number of hydrogen-bond donors (Lipinski definition) is 0. The molecule has 1 heterocycles. The standard InChI is InChI=1S/C29H38N2O/c1-2-3-21-32-28-16-10-15-27(28)29(23-30,25-13-8-5-9-14-25)26-17-19-31(20-18-26)22-24-11-6-4-7-12-24/h4-9,11-14,26-28H,2-3,10,15-22H2,1H3. The number of nitriles is 1. The van der Waals surface area contributed by atoms with Gasteiger partial charge in [-0.1, -0.05) is 80.4 Å². The van der Waals surface area contributed by atoms with Crippen molar-refractivity contribution in [2.24, 2.45) is 11.8 Å². The molecule has 0 bridgehead atoms. The van der Waals surface area contributed by atoms with Crippen LogP contribution in [0.1, 0.15) is 63.0 Å². The summed E-state index contributed by atoms with van der Waals surface area (Å²) < 4.78 is 6.41. The summed E-state index contributed by atoms with van der Waals surface area (Å²) in [7, 11) is 0. The number of hydrogen-bond acceptors (Lipinski definition) is 3. The van der Waals surface area contributed by atoms with Gasteiger partial charge in [-0.25, -0.2) is 0 Å². The van der Waals surface area contributed by atoms with Gasteiger partial charge in [0.15, 0.2) is 0 Å². The highest BCUT2D eigenvalue weighted by molar-refractivity contribution is 5.36. The van der Waals surface area contributed by atoms with Crippen LogP contribution in [0.5, 0.6) is 0 Å². The summed E-state index contributed by atoms with van der Waals surface area (Å²) in [6, 6.07) is 24.4. The third kappa shape index (κ3) is 4.92. The molecule has 2 aromatic rings. The first kappa shape index (κ1) is 23.0. The highest BCUT2D eigenvalue weighted by atomic mass is 16.5. The van der Waals surface area contributed by atoms with Gasteiger partial charge in [0.1, 0.15) is 0 Å². The van der Waals surface area contributed by atoms with Crippen molar-refractivity contribution in [1.29, 1.82) is 5.26 Å². The van der Waals surface area contributed by atoms with E-state index in [4.69, 9.17) is 4.74 Å². The van der Waals surface area contributed by atoms with E-state index < -0.39 is 5.41 Å². The summed E-state index contributed by atoms with van der Waals surface area (Å²) in [6.07, 6.45) is 7.99. The third-order valence-electron chi connectivity index (χ3n) is 7.78. The van der Waals surface area contributed by atoms with E-state index in [1.54, 1.807) is 0 Å². The first-order valence-electron chi connectivity index (χ1n) is 12.6. The highest BCUT2D eigenvalue weighted by Crippen LogP contribution is 2.50. The molecule has 32 heavy (non-hydrogen) atoms. The molecule has 3 nitrogen and oxygen atoms in total. The highest BCUT2D eigenvalue weighted by Gasteiger charge is 2.52. The normalized spacial score (nSPS) is 24.1. The molecule has 3 heteroatoms. The summed E-state index contributed by atoms with van der Waals surface area (Å²) in [4.78, 5) is 2.56. The van der Waals surface area contributed by atoms with E-state index in [2.05, 4.69) is 78.6 Å². The van der Waals surface area contributed by atoms with Gasteiger partial charge in [0.05, 0.1) is 17.6 Å². The van der Waals surface area contributed by atoms with Crippen LogP contribution < -0.4 is 0 Å². The maximum Gasteiger partial charge on any atom is 0.0904 e. The van der Waals surface area contributed by atoms with E-state index in [0.717, 1.165) is 64.8 Å². The van der Waals surface area contributed by atoms with Gasteiger partial charge in [-0.15, -0.1) is 0 Å². The first-order chi connectivity index (χ1) is 15.8. The van der Waals surface area contributed by atoms with Crippen molar-refractivity contribution >= 4 is 0 Å². The first-order valence-corrected chi connectivity index (χ1v) is 12.6. The van der Waals surface area contributed by atoms with Crippen molar-refractivity contribution in [3.05, 3.63) is 71.8 Å². The van der Waals surface area contributed by atoms with Crippen LogP contribution in [0.25, 0.3) is 0 Å². The number of nitrogens with zero attached hydrogens (tertiary/aromatic N) is 2. The quantitative estimate of drug-likeness (QED) is 0.435. The Morgan fingerprint density at radius 3 is 2.31 bits per heavy atom. The Kier molecular flexibility index (Phi) is 8.00. The fourth-order valence-electron chi connectivity index (χ4n) is 6.12. The molecule has 4 rings (SSSR count). The maximum atomic E-state index is 10.8. The van der Waals surface area contributed by atoms with Crippen LogP contribution >= 0.6 is 0 Å². The van der Waals surface area contributed by atoms with Crippen molar-refractivity contribution in [3.63, 3.8) is 0 Å². The van der Waals surface area contributed by atoms with Gasteiger partial charge in [-0.3, -0.25) is 4.90 Å². The second-order valence-corrected chi connectivity index (χ2v) is 9.68. The fourth-order valence-corrected chi connectivity index (χ4v) is 6.12. The van der Waals surface area contributed by atoms with E-state index in [1.165, 1.54) is 17.5 Å². The second-order valence-electron chi connectivity index (χ2n) is 9.68. The molecule has 1 aliphatic carbocycles. The Labute approximate surface area is 194 Å². The van der Waals surface area contributed by atoms with Crippen LogP contribution in [-0.4, -0.2) is 30.7 Å². The van der Waals surface area contributed by atoms with Gasteiger partial charge in [0, 0.05) is 19.1 Å². The van der Waals surface area contributed by atoms with Gasteiger partial charge in [-0.2, -0.15) is 5.26 Å². The number of piperidine rings is 1. The Morgan fingerprint density at radius 2 is 1.66 bits per heavy atom. The molecule has 0 spiro atoms.